The summed E-state index contributed by atoms with van der Waals surface area (Å²) >= 11 is 8.24. The highest BCUT2D eigenvalue weighted by molar-refractivity contribution is 7.98. The van der Waals surface area contributed by atoms with Gasteiger partial charge in [-0.3, -0.25) is 0 Å². The molecule has 2 aromatic carbocycles. The molecule has 7 rings (SSSR count). The summed E-state index contributed by atoms with van der Waals surface area (Å²) in [6.07, 6.45) is 5.00. The lowest BCUT2D eigenvalue weighted by atomic mass is 10.1. The molecule has 0 aliphatic carbocycles. The van der Waals surface area contributed by atoms with Gasteiger partial charge >= 0.3 is 5.63 Å². The molecule has 0 bridgehead atoms. The fourth-order valence-electron chi connectivity index (χ4n) is 4.93. The van der Waals surface area contributed by atoms with Gasteiger partial charge in [-0.05, 0) is 54.8 Å². The van der Waals surface area contributed by atoms with Gasteiger partial charge in [0.1, 0.15) is 22.1 Å². The van der Waals surface area contributed by atoms with Crippen molar-refractivity contribution in [2.24, 2.45) is 0 Å². The molecule has 6 nitrogen and oxygen atoms in total. The summed E-state index contributed by atoms with van der Waals surface area (Å²) in [5.74, 6) is -0.450. The molecule has 5 aromatic heterocycles. The average molecular weight is 516 g/mol. The summed E-state index contributed by atoms with van der Waals surface area (Å²) in [6, 6.07) is 14.5. The van der Waals surface area contributed by atoms with E-state index in [2.05, 4.69) is 9.97 Å². The van der Waals surface area contributed by atoms with Crippen LogP contribution in [0.15, 0.2) is 79.5 Å². The van der Waals surface area contributed by atoms with Crippen LogP contribution in [0.3, 0.4) is 0 Å². The van der Waals surface area contributed by atoms with Crippen molar-refractivity contribution in [3.05, 3.63) is 87.9 Å². The fourth-order valence-corrected chi connectivity index (χ4v) is 5.58. The maximum atomic E-state index is 15.2. The van der Waals surface area contributed by atoms with Crippen LogP contribution in [-0.2, 0) is 6.54 Å². The SMILES string of the molecule is CSc1ccc2nc(Cl)c(Cn3c4cc(F)c5ccoc5c4c4c5cccnc5oc(=O)c43)cc2c1. The molecule has 0 saturated heterocycles. The number of benzene rings is 2. The van der Waals surface area contributed by atoms with Gasteiger partial charge in [-0.1, -0.05) is 11.6 Å². The van der Waals surface area contributed by atoms with E-state index in [1.54, 1.807) is 34.7 Å². The van der Waals surface area contributed by atoms with E-state index >= 15 is 4.39 Å². The van der Waals surface area contributed by atoms with Crippen molar-refractivity contribution in [1.29, 1.82) is 0 Å². The minimum Gasteiger partial charge on any atom is -0.463 e. The first-order valence-corrected chi connectivity index (χ1v) is 12.7. The van der Waals surface area contributed by atoms with Crippen LogP contribution in [0.1, 0.15) is 5.56 Å². The third-order valence-corrected chi connectivity index (χ3v) is 7.57. The van der Waals surface area contributed by atoms with Crippen molar-refractivity contribution < 1.29 is 13.2 Å². The van der Waals surface area contributed by atoms with Gasteiger partial charge in [0.15, 0.2) is 0 Å². The molecule has 9 heteroatoms. The number of rotatable bonds is 3. The lowest BCUT2D eigenvalue weighted by Gasteiger charge is -2.11. The molecule has 0 N–H and O–H groups in total. The number of nitrogens with zero attached hydrogens (tertiary/aromatic N) is 3. The minimum absolute atomic E-state index is 0.174. The summed E-state index contributed by atoms with van der Waals surface area (Å²) in [6.45, 7) is 0.174. The maximum absolute atomic E-state index is 15.2. The number of thioether (sulfide) groups is 1. The van der Waals surface area contributed by atoms with Gasteiger partial charge in [-0.25, -0.2) is 19.2 Å². The smallest absolute Gasteiger partial charge is 0.362 e. The van der Waals surface area contributed by atoms with E-state index in [0.29, 0.717) is 43.4 Å². The number of furan rings is 1. The van der Waals surface area contributed by atoms with Gasteiger partial charge in [0.05, 0.1) is 34.6 Å². The van der Waals surface area contributed by atoms with Crippen LogP contribution in [0.2, 0.25) is 5.15 Å². The van der Waals surface area contributed by atoms with Crippen LogP contribution in [0.25, 0.3) is 54.8 Å². The number of fused-ring (bicyclic) bond motifs is 8. The molecule has 36 heavy (non-hydrogen) atoms. The highest BCUT2D eigenvalue weighted by atomic mass is 35.5. The van der Waals surface area contributed by atoms with E-state index in [9.17, 15) is 4.79 Å². The molecule has 0 aliphatic heterocycles. The van der Waals surface area contributed by atoms with Crippen molar-refractivity contribution >= 4 is 78.1 Å². The zero-order valence-electron chi connectivity index (χ0n) is 18.7. The molecular formula is C27H15ClFN3O3S. The second-order valence-electron chi connectivity index (χ2n) is 8.47. The monoisotopic (exact) mass is 515 g/mol. The van der Waals surface area contributed by atoms with E-state index in [4.69, 9.17) is 20.4 Å². The normalized spacial score (nSPS) is 12.1. The number of halogens is 2. The zero-order chi connectivity index (χ0) is 24.6. The van der Waals surface area contributed by atoms with Crippen LogP contribution >= 0.6 is 23.4 Å². The second-order valence-corrected chi connectivity index (χ2v) is 9.71. The molecule has 0 aliphatic rings. The lowest BCUT2D eigenvalue weighted by molar-refractivity contribution is 0.553. The van der Waals surface area contributed by atoms with Crippen molar-refractivity contribution in [2.45, 2.75) is 11.4 Å². The summed E-state index contributed by atoms with van der Waals surface area (Å²) in [5, 5.41) is 3.41. The molecule has 0 atom stereocenters. The standard InChI is InChI=1S/C27H15ClFN3O3S/c1-36-15-4-5-19-13(10-15)9-14(25(28)31-19)12-32-20-11-18(29)16-6-8-34-24(16)22(20)21-17-3-2-7-30-26(17)35-27(33)23(21)32/h2-11H,12H2,1H3. The Kier molecular flexibility index (Phi) is 4.64. The van der Waals surface area contributed by atoms with E-state index in [1.165, 1.54) is 12.3 Å². The van der Waals surface area contributed by atoms with Gasteiger partial charge in [-0.2, -0.15) is 0 Å². The summed E-state index contributed by atoms with van der Waals surface area (Å²) in [7, 11) is 0. The molecule has 5 heterocycles. The Morgan fingerprint density at radius 2 is 2.00 bits per heavy atom. The Hall–Kier alpha value is -3.88. The zero-order valence-corrected chi connectivity index (χ0v) is 20.3. The van der Waals surface area contributed by atoms with Gasteiger partial charge < -0.3 is 13.4 Å². The van der Waals surface area contributed by atoms with E-state index in [-0.39, 0.29) is 17.8 Å². The summed E-state index contributed by atoms with van der Waals surface area (Å²) in [5.41, 5.74) is 2.20. The molecule has 0 fully saturated rings. The van der Waals surface area contributed by atoms with Crippen LogP contribution < -0.4 is 5.63 Å². The Balaban J connectivity index is 1.60. The first-order chi connectivity index (χ1) is 17.5. The Bertz CT molecular complexity index is 2080. The molecule has 176 valence electrons. The van der Waals surface area contributed by atoms with E-state index < -0.39 is 11.4 Å². The maximum Gasteiger partial charge on any atom is 0.362 e. The van der Waals surface area contributed by atoms with Crippen molar-refractivity contribution in [1.82, 2.24) is 14.5 Å². The van der Waals surface area contributed by atoms with E-state index in [1.807, 2.05) is 36.6 Å². The van der Waals surface area contributed by atoms with Crippen LogP contribution in [0, 0.1) is 5.82 Å². The van der Waals surface area contributed by atoms with Gasteiger partial charge in [0.2, 0.25) is 5.71 Å². The highest BCUT2D eigenvalue weighted by Crippen LogP contribution is 2.39. The number of hydrogen-bond acceptors (Lipinski definition) is 6. The first kappa shape index (κ1) is 21.4. The highest BCUT2D eigenvalue weighted by Gasteiger charge is 2.24. The Morgan fingerprint density at radius 1 is 1.11 bits per heavy atom. The van der Waals surface area contributed by atoms with Crippen molar-refractivity contribution in [3.8, 4) is 0 Å². The second kappa shape index (κ2) is 7.81. The van der Waals surface area contributed by atoms with Crippen molar-refractivity contribution in [2.75, 3.05) is 6.26 Å². The van der Waals surface area contributed by atoms with Gasteiger partial charge in [-0.15, -0.1) is 11.8 Å². The van der Waals surface area contributed by atoms with Crippen LogP contribution in [0.4, 0.5) is 4.39 Å². The van der Waals surface area contributed by atoms with Gasteiger partial charge in [0.25, 0.3) is 0 Å². The molecular weight excluding hydrogens is 501 g/mol. The molecule has 0 spiro atoms. The van der Waals surface area contributed by atoms with Crippen LogP contribution in [0.5, 0.6) is 0 Å². The fraction of sp³-hybridized carbons (Fsp3) is 0.0741. The predicted octanol–water partition coefficient (Wildman–Crippen LogP) is 7.15. The molecule has 0 unspecified atom stereocenters. The largest absolute Gasteiger partial charge is 0.463 e. The van der Waals surface area contributed by atoms with Crippen molar-refractivity contribution in [3.63, 3.8) is 0 Å². The molecule has 0 saturated carbocycles. The number of pyridine rings is 2. The number of aromatic nitrogens is 3. The summed E-state index contributed by atoms with van der Waals surface area (Å²) < 4.78 is 28.2. The predicted molar refractivity (Wildman–Crippen MR) is 141 cm³/mol. The molecule has 7 aromatic rings. The average Bonchev–Trinajstić information content (AvgIpc) is 3.49. The number of hydrogen-bond donors (Lipinski definition) is 0. The first-order valence-electron chi connectivity index (χ1n) is 11.1. The summed E-state index contributed by atoms with van der Waals surface area (Å²) in [4.78, 5) is 23.2. The quantitative estimate of drug-likeness (QED) is 0.184. The molecule has 0 amide bonds. The lowest BCUT2D eigenvalue weighted by Crippen LogP contribution is -2.09. The topological polar surface area (TPSA) is 74.1 Å². The third-order valence-electron chi connectivity index (χ3n) is 6.52. The van der Waals surface area contributed by atoms with Crippen LogP contribution in [-0.4, -0.2) is 20.8 Å². The van der Waals surface area contributed by atoms with Gasteiger partial charge in [0, 0.05) is 32.8 Å². The van der Waals surface area contributed by atoms with E-state index in [0.717, 1.165) is 15.8 Å². The Labute approximate surface area is 211 Å². The minimum atomic E-state index is -0.581. The Morgan fingerprint density at radius 3 is 2.86 bits per heavy atom. The molecule has 0 radical (unpaired) electrons. The third kappa shape index (κ3) is 3.01.